The number of halogens is 1. The van der Waals surface area contributed by atoms with Gasteiger partial charge in [0.05, 0.1) is 18.2 Å². The zero-order valence-corrected chi connectivity index (χ0v) is 10.8. The molecule has 0 fully saturated rings. The van der Waals surface area contributed by atoms with Crippen LogP contribution in [0.25, 0.3) is 0 Å². The maximum atomic E-state index is 11.3. The first kappa shape index (κ1) is 14.7. The molecule has 1 aliphatic heterocycles. The first-order valence-electron chi connectivity index (χ1n) is 5.29. The van der Waals surface area contributed by atoms with E-state index in [1.54, 1.807) is 24.3 Å². The van der Waals surface area contributed by atoms with Crippen LogP contribution in [-0.2, 0) is 14.3 Å². The van der Waals surface area contributed by atoms with Crippen molar-refractivity contribution in [2.75, 3.05) is 4.90 Å². The molecule has 98 valence electrons. The van der Waals surface area contributed by atoms with Gasteiger partial charge in [-0.25, -0.2) is 4.90 Å². The van der Waals surface area contributed by atoms with E-state index >= 15 is 0 Å². The average Bonchev–Trinajstić information content (AvgIpc) is 2.72. The Morgan fingerprint density at radius 1 is 1.00 bits per heavy atom. The Bertz CT molecular complexity index is 496. The predicted molar refractivity (Wildman–Crippen MR) is 74.6 cm³/mol. The highest BCUT2D eigenvalue weighted by Gasteiger charge is 2.24. The molecule has 0 radical (unpaired) electrons. The van der Waals surface area contributed by atoms with Crippen molar-refractivity contribution in [3.63, 3.8) is 0 Å². The van der Waals surface area contributed by atoms with Gasteiger partial charge in [0.1, 0.15) is 0 Å². The van der Waals surface area contributed by atoms with Gasteiger partial charge in [-0.05, 0) is 24.3 Å². The van der Waals surface area contributed by atoms with Gasteiger partial charge in [-0.2, -0.15) is 0 Å². The van der Waals surface area contributed by atoms with Crippen molar-refractivity contribution in [3.05, 3.63) is 67.1 Å². The Morgan fingerprint density at radius 3 is 1.84 bits per heavy atom. The number of carbonyl (C=O) groups is 2. The topological polar surface area (TPSA) is 46.6 Å². The third-order valence-electron chi connectivity index (χ3n) is 2.09. The van der Waals surface area contributed by atoms with Gasteiger partial charge in [0.25, 0.3) is 11.8 Å². The first-order chi connectivity index (χ1) is 9.10. The van der Waals surface area contributed by atoms with Gasteiger partial charge >= 0.3 is 0 Å². The number of benzene rings is 1. The molecule has 0 bridgehead atoms. The first-order valence-corrected chi connectivity index (χ1v) is 5.67. The van der Waals surface area contributed by atoms with E-state index in [9.17, 15) is 9.59 Å². The minimum absolute atomic E-state index is 0.322. The maximum absolute atomic E-state index is 11.3. The van der Waals surface area contributed by atoms with E-state index in [-0.39, 0.29) is 11.8 Å². The molecule has 5 heteroatoms. The van der Waals surface area contributed by atoms with E-state index in [4.69, 9.17) is 11.6 Å². The number of hydrogen-bond acceptors (Lipinski definition) is 3. The number of hydrogen-bond donors (Lipinski definition) is 0. The van der Waals surface area contributed by atoms with Crippen LogP contribution >= 0.6 is 11.6 Å². The van der Waals surface area contributed by atoms with Crippen LogP contribution in [0.3, 0.4) is 0 Å². The second-order valence-corrected chi connectivity index (χ2v) is 3.73. The molecule has 0 atom stereocenters. The molecule has 0 saturated heterocycles. The van der Waals surface area contributed by atoms with Gasteiger partial charge in [0.15, 0.2) is 0 Å². The summed E-state index contributed by atoms with van der Waals surface area (Å²) in [6.45, 7) is 6.51. The predicted octanol–water partition coefficient (Wildman–Crippen LogP) is 3.06. The molecule has 0 N–H and O–H groups in total. The number of imide groups is 1. The molecular formula is C14H12ClNO3. The standard InChI is InChI=1S/C10H6ClNO2.C4H6O/c11-7-1-3-8(4-2-7)12-9(13)5-6-10(12)14;1-3-5-4-2/h1-6H;3-4H,1-2H2. The van der Waals surface area contributed by atoms with Gasteiger partial charge in [-0.15, -0.1) is 0 Å². The summed E-state index contributed by atoms with van der Waals surface area (Å²) in [5.41, 5.74) is 0.536. The molecule has 0 saturated carbocycles. The van der Waals surface area contributed by atoms with Crippen LogP contribution < -0.4 is 4.90 Å². The zero-order chi connectivity index (χ0) is 14.3. The van der Waals surface area contributed by atoms with E-state index in [1.165, 1.54) is 24.7 Å². The molecule has 4 nitrogen and oxygen atoms in total. The lowest BCUT2D eigenvalue weighted by atomic mass is 10.3. The van der Waals surface area contributed by atoms with Gasteiger partial charge in [0.2, 0.25) is 0 Å². The minimum atomic E-state index is -0.322. The minimum Gasteiger partial charge on any atom is -0.474 e. The molecular weight excluding hydrogens is 266 g/mol. The van der Waals surface area contributed by atoms with Crippen molar-refractivity contribution in [1.29, 1.82) is 0 Å². The van der Waals surface area contributed by atoms with Crippen LogP contribution in [0, 0.1) is 0 Å². The molecule has 0 spiro atoms. The second-order valence-electron chi connectivity index (χ2n) is 3.29. The largest absolute Gasteiger partial charge is 0.474 e. The molecule has 2 rings (SSSR count). The lowest BCUT2D eigenvalue weighted by molar-refractivity contribution is -0.119. The highest BCUT2D eigenvalue weighted by molar-refractivity contribution is 6.31. The Hall–Kier alpha value is -2.33. The average molecular weight is 278 g/mol. The van der Waals surface area contributed by atoms with Crippen LogP contribution in [0.5, 0.6) is 0 Å². The van der Waals surface area contributed by atoms with E-state index in [2.05, 4.69) is 17.9 Å². The van der Waals surface area contributed by atoms with Gasteiger partial charge in [0, 0.05) is 17.2 Å². The normalized spacial score (nSPS) is 12.8. The molecule has 1 heterocycles. The smallest absolute Gasteiger partial charge is 0.258 e. The number of nitrogens with zero attached hydrogens (tertiary/aromatic N) is 1. The van der Waals surface area contributed by atoms with Gasteiger partial charge < -0.3 is 4.74 Å². The Labute approximate surface area is 116 Å². The molecule has 1 aromatic rings. The third-order valence-corrected chi connectivity index (χ3v) is 2.34. The fourth-order valence-corrected chi connectivity index (χ4v) is 1.44. The highest BCUT2D eigenvalue weighted by atomic mass is 35.5. The Morgan fingerprint density at radius 2 is 1.47 bits per heavy atom. The fourth-order valence-electron chi connectivity index (χ4n) is 1.31. The second kappa shape index (κ2) is 7.18. The van der Waals surface area contributed by atoms with Crippen LogP contribution in [0.1, 0.15) is 0 Å². The third kappa shape index (κ3) is 4.12. The van der Waals surface area contributed by atoms with Gasteiger partial charge in [-0.3, -0.25) is 9.59 Å². The summed E-state index contributed by atoms with van der Waals surface area (Å²) >= 11 is 5.69. The van der Waals surface area contributed by atoms with Crippen molar-refractivity contribution < 1.29 is 14.3 Å². The van der Waals surface area contributed by atoms with E-state index in [0.717, 1.165) is 4.90 Å². The molecule has 0 aliphatic carbocycles. The molecule has 0 unspecified atom stereocenters. The van der Waals surface area contributed by atoms with E-state index < -0.39 is 0 Å². The van der Waals surface area contributed by atoms with Crippen molar-refractivity contribution in [3.8, 4) is 0 Å². The van der Waals surface area contributed by atoms with Gasteiger partial charge in [-0.1, -0.05) is 24.8 Å². The molecule has 0 aromatic heterocycles. The highest BCUT2D eigenvalue weighted by Crippen LogP contribution is 2.20. The molecule has 19 heavy (non-hydrogen) atoms. The number of anilines is 1. The Balaban J connectivity index is 0.000000312. The maximum Gasteiger partial charge on any atom is 0.258 e. The van der Waals surface area contributed by atoms with Crippen molar-refractivity contribution in [2.24, 2.45) is 0 Å². The lowest BCUT2D eigenvalue weighted by Gasteiger charge is -2.13. The number of carbonyl (C=O) groups excluding carboxylic acids is 2. The van der Waals surface area contributed by atoms with Crippen molar-refractivity contribution in [2.45, 2.75) is 0 Å². The molecule has 2 amide bonds. The van der Waals surface area contributed by atoms with E-state index in [0.29, 0.717) is 10.7 Å². The number of rotatable bonds is 3. The summed E-state index contributed by atoms with van der Waals surface area (Å²) in [5, 5.41) is 0.570. The molecule has 1 aromatic carbocycles. The quantitative estimate of drug-likeness (QED) is 0.630. The number of amides is 2. The Kier molecular flexibility index (Phi) is 5.57. The summed E-state index contributed by atoms with van der Waals surface area (Å²) in [4.78, 5) is 23.6. The van der Waals surface area contributed by atoms with Crippen LogP contribution in [0.2, 0.25) is 5.02 Å². The molecule has 1 aliphatic rings. The summed E-state index contributed by atoms with van der Waals surface area (Å²) in [7, 11) is 0. The summed E-state index contributed by atoms with van der Waals surface area (Å²) < 4.78 is 4.36. The summed E-state index contributed by atoms with van der Waals surface area (Å²) in [5.74, 6) is -0.644. The summed E-state index contributed by atoms with van der Waals surface area (Å²) in [6, 6.07) is 6.53. The van der Waals surface area contributed by atoms with E-state index in [1.807, 2.05) is 0 Å². The lowest BCUT2D eigenvalue weighted by Crippen LogP contribution is -2.29. The SMILES string of the molecule is C=COC=C.O=C1C=CC(=O)N1c1ccc(Cl)cc1. The van der Waals surface area contributed by atoms with Crippen LogP contribution in [0.15, 0.2) is 62.1 Å². The monoisotopic (exact) mass is 277 g/mol. The van der Waals surface area contributed by atoms with Crippen molar-refractivity contribution in [1.82, 2.24) is 0 Å². The van der Waals surface area contributed by atoms with Crippen LogP contribution in [-0.4, -0.2) is 11.8 Å². The summed E-state index contributed by atoms with van der Waals surface area (Å²) in [6.07, 6.45) is 5.12. The fraction of sp³-hybridized carbons (Fsp3) is 0. The van der Waals surface area contributed by atoms with Crippen molar-refractivity contribution >= 4 is 29.1 Å². The number of ether oxygens (including phenoxy) is 1. The zero-order valence-electron chi connectivity index (χ0n) is 10.1. The van der Waals surface area contributed by atoms with Crippen LogP contribution in [0.4, 0.5) is 5.69 Å².